The van der Waals surface area contributed by atoms with Crippen LogP contribution in [0.25, 0.3) is 0 Å². The molecule has 2 aliphatic heterocycles. The van der Waals surface area contributed by atoms with Gasteiger partial charge < -0.3 is 4.90 Å². The van der Waals surface area contributed by atoms with Gasteiger partial charge in [0.15, 0.2) is 0 Å². The fourth-order valence-corrected chi connectivity index (χ4v) is 6.44. The molecular formula is C26H28BrNO2. The number of carbonyl (C=O) groups excluding carboxylic acids is 2. The molecule has 3 aliphatic rings. The summed E-state index contributed by atoms with van der Waals surface area (Å²) in [6, 6.07) is 16.8. The summed E-state index contributed by atoms with van der Waals surface area (Å²) in [4.78, 5) is 29.8. The summed E-state index contributed by atoms with van der Waals surface area (Å²) in [6.45, 7) is 4.98. The number of Topliss-reactive ketones (excluding diaryl/α,β-unsaturated/α-hetero) is 2. The standard InChI is InChI=1S/C26H28BrNO2/c1-25(2)15-23(29)26(24(30)16-25)14-19-8-9-20(27)13-21(19)28-11-10-18(12-22(26)28)17-6-4-3-5-7-17/h3-9,13,18,22H,10-12,14-16H2,1-2H3/t18-,22-/m1/s1. The van der Waals surface area contributed by atoms with Gasteiger partial charge in [0.1, 0.15) is 17.0 Å². The zero-order chi connectivity index (χ0) is 21.1. The number of rotatable bonds is 1. The molecule has 2 heterocycles. The topological polar surface area (TPSA) is 37.4 Å². The largest absolute Gasteiger partial charge is 0.367 e. The molecule has 5 rings (SSSR count). The number of hydrogen-bond donors (Lipinski definition) is 0. The third-order valence-electron chi connectivity index (χ3n) is 7.54. The number of nitrogens with zero attached hydrogens (tertiary/aromatic N) is 1. The van der Waals surface area contributed by atoms with Gasteiger partial charge in [-0.2, -0.15) is 0 Å². The van der Waals surface area contributed by atoms with Gasteiger partial charge in [-0.3, -0.25) is 9.59 Å². The zero-order valence-corrected chi connectivity index (χ0v) is 19.2. The zero-order valence-electron chi connectivity index (χ0n) is 17.7. The lowest BCUT2D eigenvalue weighted by Gasteiger charge is -2.56. The first-order chi connectivity index (χ1) is 14.3. The molecule has 0 N–H and O–H groups in total. The molecule has 1 spiro atoms. The minimum atomic E-state index is -0.899. The van der Waals surface area contributed by atoms with Crippen molar-refractivity contribution in [2.45, 2.75) is 57.9 Å². The Hall–Kier alpha value is -1.94. The van der Waals surface area contributed by atoms with E-state index in [1.54, 1.807) is 0 Å². The monoisotopic (exact) mass is 465 g/mol. The van der Waals surface area contributed by atoms with Crippen LogP contribution in [-0.4, -0.2) is 24.2 Å². The van der Waals surface area contributed by atoms with Crippen molar-refractivity contribution >= 4 is 33.2 Å². The van der Waals surface area contributed by atoms with Crippen LogP contribution in [0.1, 0.15) is 56.6 Å². The molecule has 3 nitrogen and oxygen atoms in total. The summed E-state index contributed by atoms with van der Waals surface area (Å²) in [6.07, 6.45) is 3.42. The molecule has 2 atom stereocenters. The molecule has 1 saturated carbocycles. The minimum absolute atomic E-state index is 0.0608. The first-order valence-electron chi connectivity index (χ1n) is 11.0. The first kappa shape index (κ1) is 20.0. The van der Waals surface area contributed by atoms with E-state index in [4.69, 9.17) is 0 Å². The van der Waals surface area contributed by atoms with Gasteiger partial charge in [0.05, 0.1) is 0 Å². The normalized spacial score (nSPS) is 27.0. The molecule has 4 heteroatoms. The van der Waals surface area contributed by atoms with Crippen LogP contribution in [0, 0.1) is 10.8 Å². The highest BCUT2D eigenvalue weighted by molar-refractivity contribution is 9.10. The molecule has 0 radical (unpaired) electrons. The molecule has 2 aromatic carbocycles. The average molecular weight is 466 g/mol. The van der Waals surface area contributed by atoms with Gasteiger partial charge in [0.25, 0.3) is 0 Å². The van der Waals surface area contributed by atoms with Crippen molar-refractivity contribution in [2.75, 3.05) is 11.4 Å². The summed E-state index contributed by atoms with van der Waals surface area (Å²) in [5.74, 6) is 0.690. The number of ketones is 2. The molecule has 0 unspecified atom stereocenters. The Morgan fingerprint density at radius 3 is 2.37 bits per heavy atom. The van der Waals surface area contributed by atoms with Crippen LogP contribution in [0.3, 0.4) is 0 Å². The molecule has 30 heavy (non-hydrogen) atoms. The molecule has 1 aliphatic carbocycles. The Labute approximate surface area is 187 Å². The van der Waals surface area contributed by atoms with E-state index in [1.165, 1.54) is 11.3 Å². The van der Waals surface area contributed by atoms with Crippen LogP contribution in [0.4, 0.5) is 5.69 Å². The van der Waals surface area contributed by atoms with E-state index in [0.29, 0.717) is 25.2 Å². The van der Waals surface area contributed by atoms with Gasteiger partial charge >= 0.3 is 0 Å². The Balaban J connectivity index is 1.62. The van der Waals surface area contributed by atoms with Gasteiger partial charge in [-0.15, -0.1) is 0 Å². The predicted octanol–water partition coefficient (Wildman–Crippen LogP) is 5.70. The Kier molecular flexibility index (Phi) is 4.70. The lowest BCUT2D eigenvalue weighted by atomic mass is 9.55. The highest BCUT2D eigenvalue weighted by Gasteiger charge is 2.60. The van der Waals surface area contributed by atoms with Crippen LogP contribution in [0.15, 0.2) is 53.0 Å². The number of anilines is 1. The predicted molar refractivity (Wildman–Crippen MR) is 123 cm³/mol. The fourth-order valence-electron chi connectivity index (χ4n) is 6.09. The number of fused-ring (bicyclic) bond motifs is 4. The lowest BCUT2D eigenvalue weighted by molar-refractivity contribution is -0.151. The van der Waals surface area contributed by atoms with Crippen LogP contribution in [0.5, 0.6) is 0 Å². The number of carbonyl (C=O) groups is 2. The van der Waals surface area contributed by atoms with Crippen molar-refractivity contribution < 1.29 is 9.59 Å². The SMILES string of the molecule is CC1(C)CC(=O)C2(Cc3ccc(Br)cc3N3CC[C@@H](c4ccccc4)C[C@@H]32)C(=O)C1. The summed E-state index contributed by atoms with van der Waals surface area (Å²) in [5.41, 5.74) is 2.51. The van der Waals surface area contributed by atoms with Gasteiger partial charge in [0.2, 0.25) is 0 Å². The molecule has 2 aromatic rings. The molecule has 0 amide bonds. The summed E-state index contributed by atoms with van der Waals surface area (Å²) < 4.78 is 1.04. The second-order valence-corrected chi connectivity index (χ2v) is 11.0. The van der Waals surface area contributed by atoms with Crippen LogP contribution >= 0.6 is 15.9 Å². The third kappa shape index (κ3) is 3.07. The number of benzene rings is 2. The average Bonchev–Trinajstić information content (AvgIpc) is 2.72. The molecule has 0 bridgehead atoms. The molecular weight excluding hydrogens is 438 g/mol. The van der Waals surface area contributed by atoms with E-state index in [1.807, 2.05) is 12.1 Å². The highest BCUT2D eigenvalue weighted by Crippen LogP contribution is 2.54. The highest BCUT2D eigenvalue weighted by atomic mass is 79.9. The van der Waals surface area contributed by atoms with Crippen molar-refractivity contribution in [2.24, 2.45) is 10.8 Å². The Morgan fingerprint density at radius 1 is 0.967 bits per heavy atom. The van der Waals surface area contributed by atoms with Crippen molar-refractivity contribution in [3.05, 3.63) is 64.1 Å². The van der Waals surface area contributed by atoms with E-state index >= 15 is 0 Å². The van der Waals surface area contributed by atoms with Crippen molar-refractivity contribution in [1.82, 2.24) is 0 Å². The van der Waals surface area contributed by atoms with Crippen LogP contribution in [0.2, 0.25) is 0 Å². The molecule has 156 valence electrons. The van der Waals surface area contributed by atoms with Gasteiger partial charge in [-0.25, -0.2) is 0 Å². The maximum atomic E-state index is 13.7. The van der Waals surface area contributed by atoms with E-state index in [2.05, 4.69) is 71.1 Å². The van der Waals surface area contributed by atoms with E-state index < -0.39 is 5.41 Å². The van der Waals surface area contributed by atoms with E-state index in [9.17, 15) is 9.59 Å². The Bertz CT molecular complexity index is 993. The van der Waals surface area contributed by atoms with Crippen molar-refractivity contribution in [1.29, 1.82) is 0 Å². The second kappa shape index (κ2) is 7.05. The first-order valence-corrected chi connectivity index (χ1v) is 11.8. The maximum absolute atomic E-state index is 13.7. The van der Waals surface area contributed by atoms with Crippen LogP contribution < -0.4 is 4.90 Å². The lowest BCUT2D eigenvalue weighted by Crippen LogP contribution is -2.65. The molecule has 1 saturated heterocycles. The maximum Gasteiger partial charge on any atom is 0.149 e. The number of hydrogen-bond acceptors (Lipinski definition) is 3. The summed E-state index contributed by atoms with van der Waals surface area (Å²) in [5, 5.41) is 0. The Morgan fingerprint density at radius 2 is 1.67 bits per heavy atom. The summed E-state index contributed by atoms with van der Waals surface area (Å²) in [7, 11) is 0. The molecule has 2 fully saturated rings. The van der Waals surface area contributed by atoms with E-state index in [-0.39, 0.29) is 23.0 Å². The molecule has 0 aromatic heterocycles. The minimum Gasteiger partial charge on any atom is -0.367 e. The summed E-state index contributed by atoms with van der Waals surface area (Å²) >= 11 is 3.62. The number of halogens is 1. The smallest absolute Gasteiger partial charge is 0.149 e. The quantitative estimate of drug-likeness (QED) is 0.506. The van der Waals surface area contributed by atoms with Crippen molar-refractivity contribution in [3.63, 3.8) is 0 Å². The van der Waals surface area contributed by atoms with Gasteiger partial charge in [-0.05, 0) is 53.9 Å². The van der Waals surface area contributed by atoms with E-state index in [0.717, 1.165) is 29.4 Å². The van der Waals surface area contributed by atoms with Gasteiger partial charge in [0, 0.05) is 35.6 Å². The van der Waals surface area contributed by atoms with Gasteiger partial charge in [-0.1, -0.05) is 66.2 Å². The second-order valence-electron chi connectivity index (χ2n) is 10.1. The van der Waals surface area contributed by atoms with Crippen molar-refractivity contribution in [3.8, 4) is 0 Å². The number of piperidine rings is 1. The fraction of sp³-hybridized carbons (Fsp3) is 0.462. The third-order valence-corrected chi connectivity index (χ3v) is 8.03. The van der Waals surface area contributed by atoms with Crippen LogP contribution in [-0.2, 0) is 16.0 Å².